The zero-order chi connectivity index (χ0) is 20.6. The van der Waals surface area contributed by atoms with Gasteiger partial charge in [-0.2, -0.15) is 0 Å². The molecule has 0 spiro atoms. The minimum Gasteiger partial charge on any atom is -0.344 e. The van der Waals surface area contributed by atoms with Gasteiger partial charge in [-0.25, -0.2) is 17.8 Å². The molecule has 0 saturated heterocycles. The third kappa shape index (κ3) is 3.69. The van der Waals surface area contributed by atoms with Crippen LogP contribution in [0.1, 0.15) is 0 Å². The Morgan fingerprint density at radius 1 is 0.931 bits per heavy atom. The monoisotopic (exact) mass is 425 g/mol. The molecule has 0 fully saturated rings. The number of sulfonamides is 1. The molecule has 0 aliphatic carbocycles. The van der Waals surface area contributed by atoms with Gasteiger partial charge in [0, 0.05) is 23.6 Å². The summed E-state index contributed by atoms with van der Waals surface area (Å²) in [5.41, 5.74) is 2.95. The molecule has 1 atom stereocenters. The maximum atomic E-state index is 13.0. The summed E-state index contributed by atoms with van der Waals surface area (Å²) in [6.45, 7) is 0. The summed E-state index contributed by atoms with van der Waals surface area (Å²) >= 11 is 0. The lowest BCUT2D eigenvalue weighted by Crippen LogP contribution is -2.16. The van der Waals surface area contributed by atoms with Crippen LogP contribution in [-0.4, -0.2) is 17.2 Å². The number of hydrogen-bond acceptors (Lipinski definition) is 3. The van der Waals surface area contributed by atoms with E-state index in [1.807, 2.05) is 48.0 Å². The minimum absolute atomic E-state index is 0.109. The van der Waals surface area contributed by atoms with E-state index in [4.69, 9.17) is 5.14 Å². The van der Waals surface area contributed by atoms with E-state index in [9.17, 15) is 12.6 Å². The van der Waals surface area contributed by atoms with Gasteiger partial charge in [0.2, 0.25) is 0 Å². The highest BCUT2D eigenvalue weighted by atomic mass is 32.2. The summed E-state index contributed by atoms with van der Waals surface area (Å²) in [5, 5.41) is 6.54. The first kappa shape index (κ1) is 19.4. The minimum atomic E-state index is -3.89. The number of aromatic nitrogens is 1. The van der Waals surface area contributed by atoms with Gasteiger partial charge >= 0.3 is 0 Å². The van der Waals surface area contributed by atoms with Crippen LogP contribution in [0.2, 0.25) is 0 Å². The smallest absolute Gasteiger partial charge is 0.261 e. The zero-order valence-electron chi connectivity index (χ0n) is 15.6. The Balaban J connectivity index is 1.75. The van der Waals surface area contributed by atoms with Crippen molar-refractivity contribution in [1.82, 2.24) is 4.57 Å². The van der Waals surface area contributed by atoms with Crippen molar-refractivity contribution in [3.05, 3.63) is 78.9 Å². The molecule has 29 heavy (non-hydrogen) atoms. The Hall–Kier alpha value is -2.94. The molecule has 4 aromatic rings. The highest BCUT2D eigenvalue weighted by Crippen LogP contribution is 2.29. The van der Waals surface area contributed by atoms with Crippen molar-refractivity contribution in [2.24, 2.45) is 12.2 Å². The van der Waals surface area contributed by atoms with Crippen molar-refractivity contribution in [2.75, 3.05) is 4.72 Å². The Labute approximate surface area is 171 Å². The van der Waals surface area contributed by atoms with Crippen molar-refractivity contribution in [1.29, 1.82) is 0 Å². The normalized spacial score (nSPS) is 12.8. The van der Waals surface area contributed by atoms with Gasteiger partial charge in [-0.3, -0.25) is 4.72 Å². The number of benzene rings is 3. The highest BCUT2D eigenvalue weighted by Gasteiger charge is 2.18. The lowest BCUT2D eigenvalue weighted by molar-refractivity contribution is 0.601. The standard InChI is InChI=1S/C21H19N3O3S2/c1-24-19-11-4-2-7-16(19)14-20(24)15-8-6-9-17(13-15)29(26,27)23-18-10-3-5-12-21(18)28(22)25/h2-14,23H,22H2,1H3. The molecule has 0 radical (unpaired) electrons. The fraction of sp³-hybridized carbons (Fsp3) is 0.0476. The van der Waals surface area contributed by atoms with E-state index in [1.54, 1.807) is 24.3 Å². The van der Waals surface area contributed by atoms with Crippen molar-refractivity contribution >= 4 is 37.6 Å². The van der Waals surface area contributed by atoms with Crippen molar-refractivity contribution < 1.29 is 12.6 Å². The molecule has 3 aromatic carbocycles. The molecule has 148 valence electrons. The molecule has 0 bridgehead atoms. The molecule has 0 aliphatic heterocycles. The molecule has 1 aromatic heterocycles. The van der Waals surface area contributed by atoms with Crippen LogP contribution in [0, 0.1) is 0 Å². The first-order valence-corrected chi connectivity index (χ1v) is 11.5. The van der Waals surface area contributed by atoms with Gasteiger partial charge in [-0.15, -0.1) is 0 Å². The van der Waals surface area contributed by atoms with Crippen molar-refractivity contribution in [3.63, 3.8) is 0 Å². The van der Waals surface area contributed by atoms with Crippen LogP contribution in [0.3, 0.4) is 0 Å². The number of nitrogens with zero attached hydrogens (tertiary/aromatic N) is 1. The predicted molar refractivity (Wildman–Crippen MR) is 116 cm³/mol. The molecule has 6 nitrogen and oxygen atoms in total. The lowest BCUT2D eigenvalue weighted by atomic mass is 10.1. The highest BCUT2D eigenvalue weighted by molar-refractivity contribution is 7.92. The van der Waals surface area contributed by atoms with Crippen molar-refractivity contribution in [2.45, 2.75) is 9.79 Å². The van der Waals surface area contributed by atoms with Gasteiger partial charge in [-0.1, -0.05) is 42.5 Å². The molecular formula is C21H19N3O3S2. The Morgan fingerprint density at radius 3 is 2.41 bits per heavy atom. The molecule has 8 heteroatoms. The molecule has 4 rings (SSSR count). The quantitative estimate of drug-likeness (QED) is 0.511. The number of aryl methyl sites for hydroxylation is 1. The van der Waals surface area contributed by atoms with Gasteiger partial charge in [0.15, 0.2) is 0 Å². The molecule has 0 saturated carbocycles. The second kappa shape index (κ2) is 7.47. The third-order valence-corrected chi connectivity index (χ3v) is 6.89. The number of nitrogens with one attached hydrogen (secondary N) is 1. The second-order valence-corrected chi connectivity index (χ2v) is 9.29. The first-order valence-electron chi connectivity index (χ1n) is 8.80. The van der Waals surface area contributed by atoms with Crippen LogP contribution in [0.4, 0.5) is 5.69 Å². The first-order chi connectivity index (χ1) is 13.9. The van der Waals surface area contributed by atoms with Crippen molar-refractivity contribution in [3.8, 4) is 11.3 Å². The molecule has 0 aliphatic rings. The fourth-order valence-electron chi connectivity index (χ4n) is 3.32. The van der Waals surface area contributed by atoms with Gasteiger partial charge in [0.05, 0.1) is 15.5 Å². The van der Waals surface area contributed by atoms with E-state index >= 15 is 0 Å². The Bertz CT molecular complexity index is 1340. The van der Waals surface area contributed by atoms with E-state index < -0.39 is 21.0 Å². The topological polar surface area (TPSA) is 94.2 Å². The summed E-state index contributed by atoms with van der Waals surface area (Å²) < 4.78 is 42.1. The average molecular weight is 426 g/mol. The van der Waals surface area contributed by atoms with Crippen LogP contribution in [0.25, 0.3) is 22.2 Å². The largest absolute Gasteiger partial charge is 0.344 e. The number of anilines is 1. The van der Waals surface area contributed by atoms with Crippen LogP contribution < -0.4 is 9.86 Å². The average Bonchev–Trinajstić information content (AvgIpc) is 3.05. The van der Waals surface area contributed by atoms with E-state index in [2.05, 4.69) is 4.72 Å². The molecule has 1 heterocycles. The number of rotatable bonds is 5. The Kier molecular flexibility index (Phi) is 4.99. The number of hydrogen-bond donors (Lipinski definition) is 2. The van der Waals surface area contributed by atoms with Gasteiger partial charge < -0.3 is 4.57 Å². The second-order valence-electron chi connectivity index (χ2n) is 6.57. The summed E-state index contributed by atoms with van der Waals surface area (Å²) in [6.07, 6.45) is 0. The molecule has 3 N–H and O–H groups in total. The van der Waals surface area contributed by atoms with Crippen LogP contribution in [0.5, 0.6) is 0 Å². The van der Waals surface area contributed by atoms with E-state index in [0.717, 1.165) is 22.2 Å². The van der Waals surface area contributed by atoms with Crippen LogP contribution in [0.15, 0.2) is 88.7 Å². The van der Waals surface area contributed by atoms with Gasteiger partial charge in [0.1, 0.15) is 11.0 Å². The number of nitrogens with two attached hydrogens (primary N) is 1. The van der Waals surface area contributed by atoms with Crippen LogP contribution >= 0.6 is 0 Å². The molecular weight excluding hydrogens is 406 g/mol. The SMILES string of the molecule is Cn1c(-c2cccc(S(=O)(=O)Nc3ccccc3S(N)=O)c2)cc2ccccc21. The maximum Gasteiger partial charge on any atom is 0.261 e. The fourth-order valence-corrected chi connectivity index (χ4v) is 5.06. The van der Waals surface area contributed by atoms with E-state index in [-0.39, 0.29) is 15.5 Å². The molecule has 0 amide bonds. The Morgan fingerprint density at radius 2 is 1.66 bits per heavy atom. The lowest BCUT2D eigenvalue weighted by Gasteiger charge is -2.12. The zero-order valence-corrected chi connectivity index (χ0v) is 17.2. The number of para-hydroxylation sites is 2. The van der Waals surface area contributed by atoms with E-state index in [1.165, 1.54) is 18.2 Å². The van der Waals surface area contributed by atoms with Crippen LogP contribution in [-0.2, 0) is 28.1 Å². The van der Waals surface area contributed by atoms with E-state index in [0.29, 0.717) is 0 Å². The summed E-state index contributed by atoms with van der Waals surface area (Å²) in [7, 11) is -3.75. The van der Waals surface area contributed by atoms with Gasteiger partial charge in [-0.05, 0) is 42.0 Å². The summed E-state index contributed by atoms with van der Waals surface area (Å²) in [4.78, 5) is 0.332. The summed E-state index contributed by atoms with van der Waals surface area (Å²) in [5.74, 6) is 0. The summed E-state index contributed by atoms with van der Waals surface area (Å²) in [6, 6.07) is 23.1. The third-order valence-electron chi connectivity index (χ3n) is 4.74. The number of fused-ring (bicyclic) bond motifs is 1. The maximum absolute atomic E-state index is 13.0. The van der Waals surface area contributed by atoms with Gasteiger partial charge in [0.25, 0.3) is 10.0 Å². The predicted octanol–water partition coefficient (Wildman–Crippen LogP) is 3.63. The molecule has 1 unspecified atom stereocenters.